The van der Waals surface area contributed by atoms with Gasteiger partial charge >= 0.3 is 0 Å². The third-order valence-corrected chi connectivity index (χ3v) is 2.54. The Labute approximate surface area is 107 Å². The molecule has 0 aliphatic rings. The lowest BCUT2D eigenvalue weighted by molar-refractivity contribution is -0.123. The Hall–Kier alpha value is -1.75. The van der Waals surface area contributed by atoms with Gasteiger partial charge in [0, 0.05) is 31.1 Å². The Balaban J connectivity index is 2.26. The van der Waals surface area contributed by atoms with Crippen molar-refractivity contribution in [1.82, 2.24) is 10.6 Å². The van der Waals surface area contributed by atoms with Crippen LogP contribution in [0.2, 0.25) is 0 Å². The molecule has 100 valence electrons. The normalized spacial score (nSPS) is 10.6. The first-order chi connectivity index (χ1) is 8.52. The highest BCUT2D eigenvalue weighted by atomic mass is 16.3. The Morgan fingerprint density at radius 2 is 2.00 bits per heavy atom. The van der Waals surface area contributed by atoms with E-state index >= 15 is 0 Å². The van der Waals surface area contributed by atoms with E-state index in [1.54, 1.807) is 12.1 Å². The summed E-state index contributed by atoms with van der Waals surface area (Å²) in [5, 5.41) is 24.7. The summed E-state index contributed by atoms with van der Waals surface area (Å²) in [6.07, 6.45) is 0. The number of phenols is 2. The van der Waals surface area contributed by atoms with Crippen molar-refractivity contribution in [2.75, 3.05) is 13.1 Å². The average molecular weight is 252 g/mol. The Morgan fingerprint density at radius 3 is 2.67 bits per heavy atom. The van der Waals surface area contributed by atoms with Crippen molar-refractivity contribution in [2.24, 2.45) is 5.92 Å². The zero-order valence-corrected chi connectivity index (χ0v) is 10.7. The molecular weight excluding hydrogens is 232 g/mol. The molecule has 0 spiro atoms. The third-order valence-electron chi connectivity index (χ3n) is 2.54. The van der Waals surface area contributed by atoms with Gasteiger partial charge in [-0.3, -0.25) is 4.79 Å². The van der Waals surface area contributed by atoms with Gasteiger partial charge in [-0.1, -0.05) is 26.0 Å². The van der Waals surface area contributed by atoms with Crippen molar-refractivity contribution < 1.29 is 15.0 Å². The van der Waals surface area contributed by atoms with E-state index < -0.39 is 0 Å². The maximum Gasteiger partial charge on any atom is 0.222 e. The van der Waals surface area contributed by atoms with E-state index in [0.29, 0.717) is 25.2 Å². The number of hydrogen-bond acceptors (Lipinski definition) is 4. The molecule has 0 saturated carbocycles. The predicted octanol–water partition coefficient (Wildman–Crippen LogP) is 0.960. The first-order valence-electron chi connectivity index (χ1n) is 6.00. The molecule has 0 aliphatic heterocycles. The molecule has 5 nitrogen and oxygen atoms in total. The van der Waals surface area contributed by atoms with Crippen LogP contribution in [0.15, 0.2) is 18.2 Å². The molecule has 0 unspecified atom stereocenters. The maximum atomic E-state index is 11.3. The van der Waals surface area contributed by atoms with Gasteiger partial charge in [0.1, 0.15) is 0 Å². The second-order valence-electron chi connectivity index (χ2n) is 4.41. The molecule has 4 N–H and O–H groups in total. The van der Waals surface area contributed by atoms with E-state index in [1.807, 2.05) is 13.8 Å². The molecule has 0 radical (unpaired) electrons. The molecule has 0 heterocycles. The molecular formula is C13H20N2O3. The lowest BCUT2D eigenvalue weighted by Gasteiger charge is -2.09. The molecule has 1 rings (SSSR count). The summed E-state index contributed by atoms with van der Waals surface area (Å²) in [7, 11) is 0. The zero-order chi connectivity index (χ0) is 13.5. The third kappa shape index (κ3) is 4.25. The monoisotopic (exact) mass is 252 g/mol. The number of benzene rings is 1. The van der Waals surface area contributed by atoms with Gasteiger partial charge in [-0.25, -0.2) is 0 Å². The van der Waals surface area contributed by atoms with Crippen molar-refractivity contribution in [3.63, 3.8) is 0 Å². The SMILES string of the molecule is CC(C)C(=O)NCCNCc1cccc(O)c1O. The number of rotatable bonds is 6. The predicted molar refractivity (Wildman–Crippen MR) is 69.3 cm³/mol. The topological polar surface area (TPSA) is 81.6 Å². The number of nitrogens with one attached hydrogen (secondary N) is 2. The van der Waals surface area contributed by atoms with E-state index in [-0.39, 0.29) is 23.3 Å². The molecule has 0 aromatic heterocycles. The quantitative estimate of drug-likeness (QED) is 0.449. The molecule has 1 aromatic carbocycles. The summed E-state index contributed by atoms with van der Waals surface area (Å²) in [6, 6.07) is 4.84. The number of amides is 1. The van der Waals surface area contributed by atoms with Crippen molar-refractivity contribution in [1.29, 1.82) is 0 Å². The minimum atomic E-state index is -0.123. The van der Waals surface area contributed by atoms with E-state index in [2.05, 4.69) is 10.6 Å². The summed E-state index contributed by atoms with van der Waals surface area (Å²) < 4.78 is 0. The van der Waals surface area contributed by atoms with Gasteiger partial charge in [-0.2, -0.15) is 0 Å². The smallest absolute Gasteiger partial charge is 0.222 e. The van der Waals surface area contributed by atoms with E-state index in [4.69, 9.17) is 0 Å². The highest BCUT2D eigenvalue weighted by molar-refractivity contribution is 5.77. The molecule has 5 heteroatoms. The second kappa shape index (κ2) is 6.86. The number of carbonyl (C=O) groups excluding carboxylic acids is 1. The fraction of sp³-hybridized carbons (Fsp3) is 0.462. The van der Waals surface area contributed by atoms with Gasteiger partial charge in [-0.15, -0.1) is 0 Å². The van der Waals surface area contributed by atoms with Crippen molar-refractivity contribution in [3.8, 4) is 11.5 Å². The molecule has 0 bridgehead atoms. The Kier molecular flexibility index (Phi) is 5.45. The molecule has 0 aliphatic carbocycles. The minimum absolute atomic E-state index is 0.0138. The minimum Gasteiger partial charge on any atom is -0.504 e. The number of aromatic hydroxyl groups is 2. The van der Waals surface area contributed by atoms with Gasteiger partial charge in [-0.05, 0) is 6.07 Å². The van der Waals surface area contributed by atoms with Crippen LogP contribution in [0, 0.1) is 5.92 Å². The van der Waals surface area contributed by atoms with Gasteiger partial charge < -0.3 is 20.8 Å². The van der Waals surface area contributed by atoms with Gasteiger partial charge in [0.15, 0.2) is 11.5 Å². The summed E-state index contributed by atoms with van der Waals surface area (Å²) in [5.41, 5.74) is 0.630. The number of para-hydroxylation sites is 1. The first kappa shape index (κ1) is 14.3. The highest BCUT2D eigenvalue weighted by Crippen LogP contribution is 2.27. The lowest BCUT2D eigenvalue weighted by Crippen LogP contribution is -2.34. The number of carbonyl (C=O) groups is 1. The molecule has 18 heavy (non-hydrogen) atoms. The largest absolute Gasteiger partial charge is 0.504 e. The first-order valence-corrected chi connectivity index (χ1v) is 6.00. The lowest BCUT2D eigenvalue weighted by atomic mass is 10.2. The van der Waals surface area contributed by atoms with Crippen LogP contribution in [-0.2, 0) is 11.3 Å². The molecule has 1 aromatic rings. The number of phenolic OH excluding ortho intramolecular Hbond substituents is 2. The van der Waals surface area contributed by atoms with Gasteiger partial charge in [0.05, 0.1) is 0 Å². The van der Waals surface area contributed by atoms with Crippen LogP contribution in [0.1, 0.15) is 19.4 Å². The second-order valence-corrected chi connectivity index (χ2v) is 4.41. The fourth-order valence-electron chi connectivity index (χ4n) is 1.42. The average Bonchev–Trinajstić information content (AvgIpc) is 2.33. The van der Waals surface area contributed by atoms with Gasteiger partial charge in [0.2, 0.25) is 5.91 Å². The van der Waals surface area contributed by atoms with Crippen LogP contribution in [0.5, 0.6) is 11.5 Å². The molecule has 0 fully saturated rings. The zero-order valence-electron chi connectivity index (χ0n) is 10.7. The van der Waals surface area contributed by atoms with Crippen molar-refractivity contribution in [3.05, 3.63) is 23.8 Å². The van der Waals surface area contributed by atoms with Crippen LogP contribution in [0.4, 0.5) is 0 Å². The fourth-order valence-corrected chi connectivity index (χ4v) is 1.42. The van der Waals surface area contributed by atoms with Crippen molar-refractivity contribution >= 4 is 5.91 Å². The highest BCUT2D eigenvalue weighted by Gasteiger charge is 2.06. The van der Waals surface area contributed by atoms with Crippen LogP contribution >= 0.6 is 0 Å². The molecule has 0 saturated heterocycles. The van der Waals surface area contributed by atoms with Crippen LogP contribution < -0.4 is 10.6 Å². The molecule has 1 amide bonds. The standard InChI is InChI=1S/C13H20N2O3/c1-9(2)13(18)15-7-6-14-8-10-4-3-5-11(16)12(10)17/h3-5,9,14,16-17H,6-8H2,1-2H3,(H,15,18). The van der Waals surface area contributed by atoms with Crippen molar-refractivity contribution in [2.45, 2.75) is 20.4 Å². The van der Waals surface area contributed by atoms with E-state index in [0.717, 1.165) is 0 Å². The summed E-state index contributed by atoms with van der Waals surface area (Å²) in [5.74, 6) is -0.212. The Bertz CT molecular complexity index is 405. The Morgan fingerprint density at radius 1 is 1.28 bits per heavy atom. The number of hydrogen-bond donors (Lipinski definition) is 4. The summed E-state index contributed by atoms with van der Waals surface area (Å²) in [4.78, 5) is 11.3. The maximum absolute atomic E-state index is 11.3. The van der Waals surface area contributed by atoms with Gasteiger partial charge in [0.25, 0.3) is 0 Å². The molecule has 0 atom stereocenters. The van der Waals surface area contributed by atoms with Crippen LogP contribution in [0.25, 0.3) is 0 Å². The summed E-state index contributed by atoms with van der Waals surface area (Å²) >= 11 is 0. The van der Waals surface area contributed by atoms with Crippen LogP contribution in [0.3, 0.4) is 0 Å². The van der Waals surface area contributed by atoms with E-state index in [9.17, 15) is 15.0 Å². The van der Waals surface area contributed by atoms with Crippen LogP contribution in [-0.4, -0.2) is 29.2 Å². The summed E-state index contributed by atoms with van der Waals surface area (Å²) in [6.45, 7) is 5.27. The van der Waals surface area contributed by atoms with E-state index in [1.165, 1.54) is 6.07 Å².